The molecule has 0 radical (unpaired) electrons. The van der Waals surface area contributed by atoms with Gasteiger partial charge in [0.05, 0.1) is 24.1 Å². The first kappa shape index (κ1) is 31.9. The van der Waals surface area contributed by atoms with Crippen molar-refractivity contribution in [2.24, 2.45) is 46.3 Å². The fraction of sp³-hybridized carbons (Fsp3) is 0.788. The quantitative estimate of drug-likeness (QED) is 0.309. The van der Waals surface area contributed by atoms with Crippen molar-refractivity contribution in [3.05, 3.63) is 35.9 Å². The van der Waals surface area contributed by atoms with E-state index in [2.05, 4.69) is 20.8 Å². The maximum atomic E-state index is 13.4. The van der Waals surface area contributed by atoms with Gasteiger partial charge in [-0.15, -0.1) is 0 Å². The molecule has 11 atom stereocenters. The number of rotatable bonds is 9. The summed E-state index contributed by atoms with van der Waals surface area (Å²) >= 11 is 0. The third kappa shape index (κ3) is 6.06. The normalized spacial score (nSPS) is 40.5. The Labute approximate surface area is 251 Å². The number of carbonyl (C=O) groups is 1. The van der Waals surface area contributed by atoms with E-state index in [1.165, 1.54) is 4.90 Å². The minimum absolute atomic E-state index is 0.0336. The van der Waals surface area contributed by atoms with Gasteiger partial charge in [0, 0.05) is 19.5 Å². The Morgan fingerprint density at radius 1 is 1.02 bits per heavy atom. The number of hydrogen-bond donors (Lipinski definition) is 4. The Bertz CT molecular complexity index is 1210. The predicted octanol–water partition coefficient (Wildman–Crippen LogP) is 4.28. The summed E-state index contributed by atoms with van der Waals surface area (Å²) in [4.78, 5) is 14.9. The Morgan fingerprint density at radius 2 is 1.74 bits per heavy atom. The monoisotopic (exact) mass is 605 g/mol. The molecule has 42 heavy (non-hydrogen) atoms. The average molecular weight is 606 g/mol. The minimum atomic E-state index is -4.20. The van der Waals surface area contributed by atoms with E-state index in [0.717, 1.165) is 44.1 Å². The lowest BCUT2D eigenvalue weighted by atomic mass is 9.43. The van der Waals surface area contributed by atoms with Crippen LogP contribution in [0.25, 0.3) is 0 Å². The first-order valence-corrected chi connectivity index (χ1v) is 17.7. The zero-order chi connectivity index (χ0) is 30.4. The highest BCUT2D eigenvalue weighted by atomic mass is 32.2. The van der Waals surface area contributed by atoms with Gasteiger partial charge in [-0.05, 0) is 103 Å². The highest BCUT2D eigenvalue weighted by Crippen LogP contribution is 2.68. The standard InChI is InChI=1S/C33H51NO7S/c1-21(9-12-30(38)34(15-16-42(39,40)41)20-22-7-5-4-6-8-22)25-10-11-26-31-27(19-29(37)33(25,26)3)32(2)14-13-24(35)17-23(32)18-28(31)36/h4-8,21,23-29,31,35-37H,9-20H2,1-3H3,(H,39,40,41)/t21-,23+,24-,25-,26+,27+,28-,29+,31+,32+,33-/m1/s1. The molecule has 0 spiro atoms. The number of amides is 1. The molecule has 0 aliphatic heterocycles. The molecule has 4 aliphatic carbocycles. The molecule has 4 N–H and O–H groups in total. The van der Waals surface area contributed by atoms with Crippen LogP contribution in [0.15, 0.2) is 30.3 Å². The third-order valence-electron chi connectivity index (χ3n) is 12.5. The van der Waals surface area contributed by atoms with Gasteiger partial charge in [0.1, 0.15) is 0 Å². The minimum Gasteiger partial charge on any atom is -0.393 e. The van der Waals surface area contributed by atoms with Crippen LogP contribution < -0.4 is 0 Å². The van der Waals surface area contributed by atoms with E-state index in [0.29, 0.717) is 12.8 Å². The summed E-state index contributed by atoms with van der Waals surface area (Å²) in [6.45, 7) is 6.94. The van der Waals surface area contributed by atoms with Crippen molar-refractivity contribution in [1.29, 1.82) is 0 Å². The molecule has 0 bridgehead atoms. The van der Waals surface area contributed by atoms with Gasteiger partial charge in [0.2, 0.25) is 5.91 Å². The molecule has 1 aromatic rings. The van der Waals surface area contributed by atoms with Crippen molar-refractivity contribution in [3.8, 4) is 0 Å². The zero-order valence-electron chi connectivity index (χ0n) is 25.4. The van der Waals surface area contributed by atoms with E-state index in [4.69, 9.17) is 0 Å². The van der Waals surface area contributed by atoms with Gasteiger partial charge in [-0.25, -0.2) is 0 Å². The molecule has 1 amide bonds. The molecular weight excluding hydrogens is 554 g/mol. The summed E-state index contributed by atoms with van der Waals surface area (Å²) in [7, 11) is -4.20. The fourth-order valence-electron chi connectivity index (χ4n) is 10.2. The van der Waals surface area contributed by atoms with E-state index in [9.17, 15) is 33.1 Å². The van der Waals surface area contributed by atoms with Gasteiger partial charge in [0.25, 0.3) is 10.1 Å². The van der Waals surface area contributed by atoms with E-state index in [-0.39, 0.29) is 77.9 Å². The molecule has 0 heterocycles. The molecule has 0 unspecified atom stereocenters. The molecule has 9 heteroatoms. The largest absolute Gasteiger partial charge is 0.393 e. The smallest absolute Gasteiger partial charge is 0.266 e. The highest BCUT2D eigenvalue weighted by Gasteiger charge is 2.65. The Balaban J connectivity index is 1.27. The fourth-order valence-corrected chi connectivity index (χ4v) is 10.6. The van der Waals surface area contributed by atoms with Gasteiger partial charge in [-0.2, -0.15) is 8.42 Å². The van der Waals surface area contributed by atoms with Gasteiger partial charge in [0.15, 0.2) is 0 Å². The second-order valence-corrected chi connectivity index (χ2v) is 16.2. The summed E-state index contributed by atoms with van der Waals surface area (Å²) in [5, 5.41) is 33.7. The molecule has 0 saturated heterocycles. The van der Waals surface area contributed by atoms with Crippen LogP contribution in [0.2, 0.25) is 0 Å². The average Bonchev–Trinajstić information content (AvgIpc) is 3.29. The second-order valence-electron chi connectivity index (χ2n) is 14.6. The lowest BCUT2D eigenvalue weighted by Gasteiger charge is -2.63. The van der Waals surface area contributed by atoms with Gasteiger partial charge >= 0.3 is 0 Å². The number of aliphatic hydroxyl groups excluding tert-OH is 3. The predicted molar refractivity (Wildman–Crippen MR) is 161 cm³/mol. The first-order chi connectivity index (χ1) is 19.7. The Morgan fingerprint density at radius 3 is 2.43 bits per heavy atom. The molecule has 5 rings (SSSR count). The maximum Gasteiger partial charge on any atom is 0.266 e. The third-order valence-corrected chi connectivity index (χ3v) is 13.2. The molecule has 0 aromatic heterocycles. The summed E-state index contributed by atoms with van der Waals surface area (Å²) < 4.78 is 32.2. The van der Waals surface area contributed by atoms with E-state index in [1.54, 1.807) is 0 Å². The first-order valence-electron chi connectivity index (χ1n) is 16.0. The number of aliphatic hydroxyl groups is 3. The number of nitrogens with zero attached hydrogens (tertiary/aromatic N) is 1. The molecule has 4 fully saturated rings. The molecule has 4 saturated carbocycles. The van der Waals surface area contributed by atoms with Crippen molar-refractivity contribution < 1.29 is 33.1 Å². The topological polar surface area (TPSA) is 135 Å². The van der Waals surface area contributed by atoms with Gasteiger partial charge < -0.3 is 20.2 Å². The highest BCUT2D eigenvalue weighted by molar-refractivity contribution is 7.85. The van der Waals surface area contributed by atoms with Crippen LogP contribution in [-0.2, 0) is 21.5 Å². The lowest BCUT2D eigenvalue weighted by Crippen LogP contribution is -2.62. The summed E-state index contributed by atoms with van der Waals surface area (Å²) in [6.07, 6.45) is 5.53. The van der Waals surface area contributed by atoms with Crippen LogP contribution in [0.1, 0.15) is 84.1 Å². The Hall–Kier alpha value is -1.52. The summed E-state index contributed by atoms with van der Waals surface area (Å²) in [5.74, 6) is 0.655. The molecule has 236 valence electrons. The number of hydrogen-bond acceptors (Lipinski definition) is 6. The zero-order valence-corrected chi connectivity index (χ0v) is 26.3. The number of fused-ring (bicyclic) bond motifs is 5. The maximum absolute atomic E-state index is 13.4. The van der Waals surface area contributed by atoms with Crippen LogP contribution >= 0.6 is 0 Å². The van der Waals surface area contributed by atoms with Crippen molar-refractivity contribution in [3.63, 3.8) is 0 Å². The van der Waals surface area contributed by atoms with E-state index < -0.39 is 28.1 Å². The van der Waals surface area contributed by atoms with Crippen LogP contribution in [-0.4, -0.2) is 69.7 Å². The van der Waals surface area contributed by atoms with Crippen molar-refractivity contribution >= 4 is 16.0 Å². The molecule has 4 aliphatic rings. The Kier molecular flexibility index (Phi) is 9.19. The lowest BCUT2D eigenvalue weighted by molar-refractivity contribution is -0.207. The molecule has 1 aromatic carbocycles. The SMILES string of the molecule is C[C@H](CCC(=O)N(CCS(=O)(=O)O)Cc1ccccc1)[C@H]1CC[C@H]2[C@@H]3[C@H](O)C[C@@H]4C[C@H](O)CC[C@]4(C)[C@H]3C[C@H](O)[C@]12C. The van der Waals surface area contributed by atoms with E-state index in [1.807, 2.05) is 30.3 Å². The number of carbonyl (C=O) groups excluding carboxylic acids is 1. The van der Waals surface area contributed by atoms with Gasteiger partial charge in [-0.3, -0.25) is 9.35 Å². The molecular formula is C33H51NO7S. The van der Waals surface area contributed by atoms with Crippen LogP contribution in [0, 0.1) is 46.3 Å². The van der Waals surface area contributed by atoms with Crippen LogP contribution in [0.5, 0.6) is 0 Å². The summed E-state index contributed by atoms with van der Waals surface area (Å²) in [5.41, 5.74) is 0.595. The second kappa shape index (κ2) is 12.1. The van der Waals surface area contributed by atoms with Crippen molar-refractivity contribution in [2.45, 2.75) is 103 Å². The van der Waals surface area contributed by atoms with Crippen LogP contribution in [0.4, 0.5) is 0 Å². The number of benzene rings is 1. The van der Waals surface area contributed by atoms with Crippen molar-refractivity contribution in [1.82, 2.24) is 4.90 Å². The van der Waals surface area contributed by atoms with Crippen LogP contribution in [0.3, 0.4) is 0 Å². The van der Waals surface area contributed by atoms with Gasteiger partial charge in [-0.1, -0.05) is 51.1 Å². The molecule has 8 nitrogen and oxygen atoms in total. The summed E-state index contributed by atoms with van der Waals surface area (Å²) in [6, 6.07) is 9.43. The van der Waals surface area contributed by atoms with Crippen molar-refractivity contribution in [2.75, 3.05) is 12.3 Å². The van der Waals surface area contributed by atoms with E-state index >= 15 is 0 Å².